The molecule has 0 amide bonds. The third-order valence-electron chi connectivity index (χ3n) is 3.04. The summed E-state index contributed by atoms with van der Waals surface area (Å²) in [4.78, 5) is 4.41. The molecule has 0 aromatic carbocycles. The Hall–Kier alpha value is -1.25. The van der Waals surface area contributed by atoms with Crippen LogP contribution in [0.15, 0.2) is 12.1 Å². The zero-order valence-electron chi connectivity index (χ0n) is 9.46. The molecule has 0 radical (unpaired) electrons. The molecule has 15 heavy (non-hydrogen) atoms. The number of nitrogens with one attached hydrogen (secondary N) is 1. The highest BCUT2D eigenvalue weighted by molar-refractivity contribution is 5.49. The van der Waals surface area contributed by atoms with Gasteiger partial charge in [-0.05, 0) is 37.8 Å². The van der Waals surface area contributed by atoms with E-state index in [1.807, 2.05) is 19.1 Å². The summed E-state index contributed by atoms with van der Waals surface area (Å²) in [7, 11) is 0. The number of aromatic nitrogens is 1. The molecule has 0 spiro atoms. The van der Waals surface area contributed by atoms with Crippen molar-refractivity contribution in [2.75, 3.05) is 11.1 Å². The van der Waals surface area contributed by atoms with Crippen LogP contribution in [0.2, 0.25) is 0 Å². The van der Waals surface area contributed by atoms with Crippen LogP contribution in [0.5, 0.6) is 0 Å². The molecule has 1 aliphatic rings. The van der Waals surface area contributed by atoms with Gasteiger partial charge in [-0.15, -0.1) is 0 Å². The first-order valence-corrected chi connectivity index (χ1v) is 5.70. The maximum absolute atomic E-state index is 5.72. The number of aryl methyl sites for hydroxylation is 1. The van der Waals surface area contributed by atoms with Gasteiger partial charge in [0.1, 0.15) is 5.82 Å². The van der Waals surface area contributed by atoms with Gasteiger partial charge >= 0.3 is 0 Å². The van der Waals surface area contributed by atoms with Gasteiger partial charge in [0.2, 0.25) is 0 Å². The zero-order chi connectivity index (χ0) is 10.8. The molecular weight excluding hydrogens is 186 g/mol. The first-order valence-electron chi connectivity index (χ1n) is 5.70. The number of nitrogens with two attached hydrogens (primary N) is 1. The van der Waals surface area contributed by atoms with Crippen LogP contribution >= 0.6 is 0 Å². The standard InChI is InChI=1S/C12H19N3/c1-3-4-9-7-11(9)15-12-6-5-10(13)8(2)14-12/h5-6,9,11H,3-4,7,13H2,1-2H3,(H,14,15). The molecule has 2 rings (SSSR count). The Bertz CT molecular complexity index is 349. The van der Waals surface area contributed by atoms with Crippen molar-refractivity contribution >= 4 is 11.5 Å². The van der Waals surface area contributed by atoms with Gasteiger partial charge in [-0.25, -0.2) is 4.98 Å². The fourth-order valence-corrected chi connectivity index (χ4v) is 1.96. The molecule has 1 aliphatic carbocycles. The summed E-state index contributed by atoms with van der Waals surface area (Å²) in [6.45, 7) is 4.18. The zero-order valence-corrected chi connectivity index (χ0v) is 9.46. The van der Waals surface area contributed by atoms with Crippen molar-refractivity contribution in [3.05, 3.63) is 17.8 Å². The summed E-state index contributed by atoms with van der Waals surface area (Å²) in [6, 6.07) is 4.52. The van der Waals surface area contributed by atoms with E-state index in [1.54, 1.807) is 0 Å². The lowest BCUT2D eigenvalue weighted by molar-refractivity contribution is 0.692. The summed E-state index contributed by atoms with van der Waals surface area (Å²) < 4.78 is 0. The minimum absolute atomic E-state index is 0.639. The van der Waals surface area contributed by atoms with Gasteiger partial charge in [0.15, 0.2) is 0 Å². The maximum Gasteiger partial charge on any atom is 0.126 e. The normalized spacial score (nSPS) is 23.9. The van der Waals surface area contributed by atoms with Gasteiger partial charge < -0.3 is 11.1 Å². The molecule has 1 fully saturated rings. The molecule has 0 aliphatic heterocycles. The molecule has 3 heteroatoms. The third-order valence-corrected chi connectivity index (χ3v) is 3.04. The molecule has 82 valence electrons. The van der Waals surface area contributed by atoms with E-state index in [9.17, 15) is 0 Å². The third kappa shape index (κ3) is 2.41. The van der Waals surface area contributed by atoms with E-state index in [0.717, 1.165) is 23.1 Å². The predicted molar refractivity (Wildman–Crippen MR) is 63.8 cm³/mol. The van der Waals surface area contributed by atoms with Gasteiger partial charge in [0.05, 0.1) is 11.4 Å². The van der Waals surface area contributed by atoms with E-state index in [1.165, 1.54) is 19.3 Å². The second kappa shape index (κ2) is 4.09. The molecule has 1 saturated carbocycles. The highest BCUT2D eigenvalue weighted by Gasteiger charge is 2.36. The number of hydrogen-bond donors (Lipinski definition) is 2. The topological polar surface area (TPSA) is 50.9 Å². The van der Waals surface area contributed by atoms with Crippen LogP contribution < -0.4 is 11.1 Å². The molecule has 1 aromatic heterocycles. The van der Waals surface area contributed by atoms with E-state index < -0.39 is 0 Å². The first-order chi connectivity index (χ1) is 7.20. The van der Waals surface area contributed by atoms with Crippen molar-refractivity contribution in [3.63, 3.8) is 0 Å². The van der Waals surface area contributed by atoms with Crippen molar-refractivity contribution in [1.29, 1.82) is 0 Å². The average molecular weight is 205 g/mol. The largest absolute Gasteiger partial charge is 0.397 e. The van der Waals surface area contributed by atoms with Crippen molar-refractivity contribution in [2.24, 2.45) is 5.92 Å². The second-order valence-corrected chi connectivity index (χ2v) is 4.41. The Morgan fingerprint density at radius 1 is 1.53 bits per heavy atom. The number of pyridine rings is 1. The molecule has 0 bridgehead atoms. The number of rotatable bonds is 4. The van der Waals surface area contributed by atoms with Crippen molar-refractivity contribution in [2.45, 2.75) is 39.2 Å². The molecular formula is C12H19N3. The highest BCUT2D eigenvalue weighted by atomic mass is 15.1. The molecule has 0 saturated heterocycles. The van der Waals surface area contributed by atoms with Crippen molar-refractivity contribution in [1.82, 2.24) is 4.98 Å². The SMILES string of the molecule is CCCC1CC1Nc1ccc(N)c(C)n1. The minimum Gasteiger partial charge on any atom is -0.397 e. The summed E-state index contributed by atoms with van der Waals surface area (Å²) in [6.07, 6.45) is 3.89. The van der Waals surface area contributed by atoms with E-state index in [-0.39, 0.29) is 0 Å². The molecule has 2 unspecified atom stereocenters. The first kappa shape index (κ1) is 10.3. The Balaban J connectivity index is 1.92. The smallest absolute Gasteiger partial charge is 0.126 e. The molecule has 2 atom stereocenters. The Kier molecular flexibility index (Phi) is 2.80. The molecule has 3 nitrogen and oxygen atoms in total. The van der Waals surface area contributed by atoms with Crippen molar-refractivity contribution < 1.29 is 0 Å². The van der Waals surface area contributed by atoms with Crippen LogP contribution in [-0.4, -0.2) is 11.0 Å². The van der Waals surface area contributed by atoms with Crippen molar-refractivity contribution in [3.8, 4) is 0 Å². The number of hydrogen-bond acceptors (Lipinski definition) is 3. The summed E-state index contributed by atoms with van der Waals surface area (Å²) in [5.41, 5.74) is 7.39. The van der Waals surface area contributed by atoms with Crippen LogP contribution in [0.4, 0.5) is 11.5 Å². The summed E-state index contributed by atoms with van der Waals surface area (Å²) >= 11 is 0. The van der Waals surface area contributed by atoms with Gasteiger partial charge in [-0.2, -0.15) is 0 Å². The van der Waals surface area contributed by atoms with E-state index in [0.29, 0.717) is 6.04 Å². The molecule has 1 heterocycles. The fraction of sp³-hybridized carbons (Fsp3) is 0.583. The lowest BCUT2D eigenvalue weighted by Gasteiger charge is -2.06. The minimum atomic E-state index is 0.639. The van der Waals surface area contributed by atoms with Crippen LogP contribution in [0.1, 0.15) is 31.9 Å². The Morgan fingerprint density at radius 2 is 2.33 bits per heavy atom. The van der Waals surface area contributed by atoms with E-state index >= 15 is 0 Å². The predicted octanol–water partition coefficient (Wildman–Crippen LogP) is 2.57. The number of nitrogens with zero attached hydrogens (tertiary/aromatic N) is 1. The summed E-state index contributed by atoms with van der Waals surface area (Å²) in [5, 5.41) is 3.45. The lowest BCUT2D eigenvalue weighted by atomic mass is 10.2. The average Bonchev–Trinajstić information content (AvgIpc) is 2.91. The van der Waals surface area contributed by atoms with Gasteiger partial charge in [0, 0.05) is 6.04 Å². The number of nitrogen functional groups attached to an aromatic ring is 1. The van der Waals surface area contributed by atoms with E-state index in [4.69, 9.17) is 5.73 Å². The monoisotopic (exact) mass is 205 g/mol. The van der Waals surface area contributed by atoms with Crippen LogP contribution in [-0.2, 0) is 0 Å². The maximum atomic E-state index is 5.72. The highest BCUT2D eigenvalue weighted by Crippen LogP contribution is 2.36. The Labute approximate surface area is 91.1 Å². The second-order valence-electron chi connectivity index (χ2n) is 4.41. The lowest BCUT2D eigenvalue weighted by Crippen LogP contribution is -2.07. The van der Waals surface area contributed by atoms with Gasteiger partial charge in [-0.1, -0.05) is 13.3 Å². The van der Waals surface area contributed by atoms with Gasteiger partial charge in [-0.3, -0.25) is 0 Å². The Morgan fingerprint density at radius 3 is 3.00 bits per heavy atom. The van der Waals surface area contributed by atoms with E-state index in [2.05, 4.69) is 17.2 Å². The van der Waals surface area contributed by atoms with Gasteiger partial charge in [0.25, 0.3) is 0 Å². The van der Waals surface area contributed by atoms with Crippen LogP contribution in [0, 0.1) is 12.8 Å². The fourth-order valence-electron chi connectivity index (χ4n) is 1.96. The summed E-state index contributed by atoms with van der Waals surface area (Å²) in [5.74, 6) is 1.82. The number of anilines is 2. The van der Waals surface area contributed by atoms with Crippen LogP contribution in [0.25, 0.3) is 0 Å². The molecule has 1 aromatic rings. The molecule has 3 N–H and O–H groups in total. The quantitative estimate of drug-likeness (QED) is 0.794. The van der Waals surface area contributed by atoms with Crippen LogP contribution in [0.3, 0.4) is 0 Å².